The minimum Gasteiger partial charge on any atom is -0.363 e. The molecule has 1 rings (SSSR count). The number of rotatable bonds is 4. The standard InChI is InChI=1S/C12H15NO2/c1-8(2)10(11(14)12(13)15)9-6-4-3-5-7-9/h3-8,10H,1-2H3,(H2,13,15). The largest absolute Gasteiger partial charge is 0.363 e. The van der Waals surface area contributed by atoms with E-state index in [0.29, 0.717) is 0 Å². The lowest BCUT2D eigenvalue weighted by Crippen LogP contribution is -2.31. The smallest absolute Gasteiger partial charge is 0.285 e. The van der Waals surface area contributed by atoms with Gasteiger partial charge in [0, 0.05) is 0 Å². The average Bonchev–Trinajstić information content (AvgIpc) is 2.18. The zero-order chi connectivity index (χ0) is 11.4. The van der Waals surface area contributed by atoms with Crippen molar-refractivity contribution in [3.63, 3.8) is 0 Å². The third-order valence-corrected chi connectivity index (χ3v) is 2.35. The maximum Gasteiger partial charge on any atom is 0.285 e. The third kappa shape index (κ3) is 2.65. The zero-order valence-corrected chi connectivity index (χ0v) is 8.94. The Labute approximate surface area is 89.3 Å². The van der Waals surface area contributed by atoms with Crippen LogP contribution < -0.4 is 5.73 Å². The van der Waals surface area contributed by atoms with E-state index in [-0.39, 0.29) is 5.92 Å². The molecule has 0 saturated carbocycles. The van der Waals surface area contributed by atoms with Crippen LogP contribution in [0, 0.1) is 5.92 Å². The highest BCUT2D eigenvalue weighted by Gasteiger charge is 2.27. The lowest BCUT2D eigenvalue weighted by molar-refractivity contribution is -0.137. The number of primary amides is 1. The van der Waals surface area contributed by atoms with Gasteiger partial charge in [0.2, 0.25) is 5.78 Å². The summed E-state index contributed by atoms with van der Waals surface area (Å²) in [5.41, 5.74) is 5.87. The van der Waals surface area contributed by atoms with Gasteiger partial charge in [-0.15, -0.1) is 0 Å². The quantitative estimate of drug-likeness (QED) is 0.757. The van der Waals surface area contributed by atoms with Crippen LogP contribution in [-0.4, -0.2) is 11.7 Å². The van der Waals surface area contributed by atoms with Crippen molar-refractivity contribution < 1.29 is 9.59 Å². The molecular formula is C12H15NO2. The molecule has 3 heteroatoms. The van der Waals surface area contributed by atoms with Crippen LogP contribution in [0.2, 0.25) is 0 Å². The van der Waals surface area contributed by atoms with E-state index in [9.17, 15) is 9.59 Å². The Morgan fingerprint density at radius 2 is 1.67 bits per heavy atom. The number of Topliss-reactive ketones (excluding diaryl/α,β-unsaturated/α-hetero) is 1. The minimum absolute atomic E-state index is 0.0624. The molecule has 15 heavy (non-hydrogen) atoms. The predicted molar refractivity (Wildman–Crippen MR) is 58.2 cm³/mol. The van der Waals surface area contributed by atoms with Gasteiger partial charge >= 0.3 is 0 Å². The number of carbonyl (C=O) groups is 2. The highest BCUT2D eigenvalue weighted by atomic mass is 16.2. The fourth-order valence-corrected chi connectivity index (χ4v) is 1.65. The van der Waals surface area contributed by atoms with Gasteiger partial charge in [-0.25, -0.2) is 0 Å². The van der Waals surface area contributed by atoms with Crippen LogP contribution in [0.1, 0.15) is 25.3 Å². The van der Waals surface area contributed by atoms with E-state index in [4.69, 9.17) is 5.73 Å². The number of hydrogen-bond donors (Lipinski definition) is 1. The van der Waals surface area contributed by atoms with E-state index in [1.807, 2.05) is 44.2 Å². The molecule has 2 N–H and O–H groups in total. The molecule has 0 aromatic heterocycles. The Morgan fingerprint density at radius 3 is 2.07 bits per heavy atom. The number of carbonyl (C=O) groups excluding carboxylic acids is 2. The first-order valence-corrected chi connectivity index (χ1v) is 4.92. The van der Waals surface area contributed by atoms with E-state index >= 15 is 0 Å². The summed E-state index contributed by atoms with van der Waals surface area (Å²) in [5.74, 6) is -1.75. The fourth-order valence-electron chi connectivity index (χ4n) is 1.65. The van der Waals surface area contributed by atoms with Crippen LogP contribution in [0.25, 0.3) is 0 Å². The molecule has 0 spiro atoms. The molecule has 0 bridgehead atoms. The number of ketones is 1. The molecule has 1 unspecified atom stereocenters. The Morgan fingerprint density at radius 1 is 1.13 bits per heavy atom. The van der Waals surface area contributed by atoms with Crippen molar-refractivity contribution in [3.8, 4) is 0 Å². The van der Waals surface area contributed by atoms with Gasteiger partial charge in [0.05, 0.1) is 5.92 Å². The topological polar surface area (TPSA) is 60.2 Å². The Balaban J connectivity index is 3.04. The van der Waals surface area contributed by atoms with Crippen LogP contribution in [0.5, 0.6) is 0 Å². The molecule has 80 valence electrons. The first-order chi connectivity index (χ1) is 7.04. The molecule has 0 aliphatic carbocycles. The zero-order valence-electron chi connectivity index (χ0n) is 8.94. The van der Waals surface area contributed by atoms with Crippen molar-refractivity contribution in [1.82, 2.24) is 0 Å². The highest BCUT2D eigenvalue weighted by molar-refractivity contribution is 6.37. The summed E-state index contributed by atoms with van der Waals surface area (Å²) >= 11 is 0. The summed E-state index contributed by atoms with van der Waals surface area (Å²) in [6, 6.07) is 9.24. The molecule has 0 aliphatic rings. The molecule has 1 amide bonds. The Hall–Kier alpha value is -1.64. The summed E-state index contributed by atoms with van der Waals surface area (Å²) < 4.78 is 0. The normalized spacial score (nSPS) is 12.5. The molecule has 3 nitrogen and oxygen atoms in total. The monoisotopic (exact) mass is 205 g/mol. The summed E-state index contributed by atoms with van der Waals surface area (Å²) in [4.78, 5) is 22.5. The van der Waals surface area contributed by atoms with Crippen LogP contribution in [-0.2, 0) is 9.59 Å². The van der Waals surface area contributed by atoms with Gasteiger partial charge in [0.1, 0.15) is 0 Å². The second-order valence-corrected chi connectivity index (χ2v) is 3.86. The molecule has 0 radical (unpaired) electrons. The third-order valence-electron chi connectivity index (χ3n) is 2.35. The van der Waals surface area contributed by atoms with Gasteiger partial charge in [0.25, 0.3) is 5.91 Å². The van der Waals surface area contributed by atoms with Gasteiger partial charge in [-0.2, -0.15) is 0 Å². The van der Waals surface area contributed by atoms with Crippen molar-refractivity contribution in [3.05, 3.63) is 35.9 Å². The van der Waals surface area contributed by atoms with E-state index in [2.05, 4.69) is 0 Å². The number of amides is 1. The van der Waals surface area contributed by atoms with Crippen molar-refractivity contribution in [2.45, 2.75) is 19.8 Å². The van der Waals surface area contributed by atoms with Gasteiger partial charge in [-0.3, -0.25) is 9.59 Å². The lowest BCUT2D eigenvalue weighted by atomic mass is 9.85. The fraction of sp³-hybridized carbons (Fsp3) is 0.333. The van der Waals surface area contributed by atoms with E-state index in [0.717, 1.165) is 5.56 Å². The molecule has 1 aromatic rings. The average molecular weight is 205 g/mol. The van der Waals surface area contributed by atoms with Crippen LogP contribution in [0.15, 0.2) is 30.3 Å². The number of benzene rings is 1. The van der Waals surface area contributed by atoms with Crippen molar-refractivity contribution in [1.29, 1.82) is 0 Å². The van der Waals surface area contributed by atoms with E-state index in [1.165, 1.54) is 0 Å². The number of hydrogen-bond acceptors (Lipinski definition) is 2. The predicted octanol–water partition coefficient (Wildman–Crippen LogP) is 1.48. The lowest BCUT2D eigenvalue weighted by Gasteiger charge is -2.18. The summed E-state index contributed by atoms with van der Waals surface area (Å²) in [5, 5.41) is 0. The van der Waals surface area contributed by atoms with Gasteiger partial charge < -0.3 is 5.73 Å². The summed E-state index contributed by atoms with van der Waals surface area (Å²) in [6.07, 6.45) is 0. The first-order valence-electron chi connectivity index (χ1n) is 4.92. The SMILES string of the molecule is CC(C)C(C(=O)C(N)=O)c1ccccc1. The molecule has 0 saturated heterocycles. The van der Waals surface area contributed by atoms with Crippen molar-refractivity contribution in [2.75, 3.05) is 0 Å². The molecule has 1 aromatic carbocycles. The Kier molecular flexibility index (Phi) is 3.61. The number of nitrogens with two attached hydrogens (primary N) is 1. The second-order valence-electron chi connectivity index (χ2n) is 3.86. The van der Waals surface area contributed by atoms with Crippen LogP contribution in [0.3, 0.4) is 0 Å². The minimum atomic E-state index is -0.863. The van der Waals surface area contributed by atoms with Crippen LogP contribution >= 0.6 is 0 Å². The van der Waals surface area contributed by atoms with Gasteiger partial charge in [-0.05, 0) is 11.5 Å². The van der Waals surface area contributed by atoms with E-state index in [1.54, 1.807) is 0 Å². The van der Waals surface area contributed by atoms with Crippen molar-refractivity contribution >= 4 is 11.7 Å². The maximum atomic E-state index is 11.6. The molecular weight excluding hydrogens is 190 g/mol. The molecule has 1 atom stereocenters. The summed E-state index contributed by atoms with van der Waals surface area (Å²) in [7, 11) is 0. The first kappa shape index (κ1) is 11.4. The van der Waals surface area contributed by atoms with Gasteiger partial charge in [-0.1, -0.05) is 44.2 Å². The van der Waals surface area contributed by atoms with Crippen molar-refractivity contribution in [2.24, 2.45) is 11.7 Å². The summed E-state index contributed by atoms with van der Waals surface area (Å²) in [6.45, 7) is 3.80. The van der Waals surface area contributed by atoms with Crippen LogP contribution in [0.4, 0.5) is 0 Å². The highest BCUT2D eigenvalue weighted by Crippen LogP contribution is 2.24. The molecule has 0 aliphatic heterocycles. The maximum absolute atomic E-state index is 11.6. The second kappa shape index (κ2) is 4.73. The molecule has 0 heterocycles. The van der Waals surface area contributed by atoms with E-state index < -0.39 is 17.6 Å². The molecule has 0 fully saturated rings. The Bertz CT molecular complexity index is 357. The van der Waals surface area contributed by atoms with Gasteiger partial charge in [0.15, 0.2) is 0 Å².